The minimum Gasteiger partial charge on any atom is -0.492 e. The van der Waals surface area contributed by atoms with Gasteiger partial charge in [-0.15, -0.1) is 0 Å². The van der Waals surface area contributed by atoms with Gasteiger partial charge in [0.05, 0.1) is 12.8 Å². The topological polar surface area (TPSA) is 31.4 Å². The van der Waals surface area contributed by atoms with Crippen molar-refractivity contribution in [3.63, 3.8) is 0 Å². The summed E-state index contributed by atoms with van der Waals surface area (Å²) < 4.78 is 10.9. The molecule has 82 valence electrons. The standard InChI is InChI=1S/C11H14ClNO2/c12-11-2-1-10(7-13-11)15-8-9-3-5-14-6-4-9/h1-2,7,9H,3-6,8H2. The molecule has 4 heteroatoms. The first-order valence-electron chi connectivity index (χ1n) is 5.17. The van der Waals surface area contributed by atoms with Gasteiger partial charge < -0.3 is 9.47 Å². The molecule has 0 aliphatic carbocycles. The molecule has 0 bridgehead atoms. The van der Waals surface area contributed by atoms with Crippen LogP contribution in [0.1, 0.15) is 12.8 Å². The molecule has 0 saturated carbocycles. The lowest BCUT2D eigenvalue weighted by molar-refractivity contribution is 0.0497. The molecule has 0 N–H and O–H groups in total. The largest absolute Gasteiger partial charge is 0.492 e. The lowest BCUT2D eigenvalue weighted by atomic mass is 10.0. The average Bonchev–Trinajstić information content (AvgIpc) is 2.30. The van der Waals surface area contributed by atoms with E-state index in [2.05, 4.69) is 4.98 Å². The van der Waals surface area contributed by atoms with Gasteiger partial charge in [0, 0.05) is 13.2 Å². The molecule has 0 unspecified atom stereocenters. The smallest absolute Gasteiger partial charge is 0.137 e. The first-order valence-corrected chi connectivity index (χ1v) is 5.54. The van der Waals surface area contributed by atoms with Crippen LogP contribution in [0, 0.1) is 5.92 Å². The molecule has 0 aromatic carbocycles. The van der Waals surface area contributed by atoms with Crippen molar-refractivity contribution in [2.75, 3.05) is 19.8 Å². The second kappa shape index (κ2) is 5.33. The zero-order valence-electron chi connectivity index (χ0n) is 8.49. The number of ether oxygens (including phenoxy) is 2. The van der Waals surface area contributed by atoms with Crippen LogP contribution in [0.4, 0.5) is 0 Å². The van der Waals surface area contributed by atoms with E-state index in [1.165, 1.54) is 0 Å². The fraction of sp³-hybridized carbons (Fsp3) is 0.545. The molecular formula is C11H14ClNO2. The average molecular weight is 228 g/mol. The Morgan fingerprint density at radius 3 is 2.87 bits per heavy atom. The number of hydrogen-bond acceptors (Lipinski definition) is 3. The van der Waals surface area contributed by atoms with Gasteiger partial charge in [0.1, 0.15) is 10.9 Å². The van der Waals surface area contributed by atoms with Crippen LogP contribution in [0.3, 0.4) is 0 Å². The van der Waals surface area contributed by atoms with E-state index in [1.54, 1.807) is 12.3 Å². The third kappa shape index (κ3) is 3.36. The monoisotopic (exact) mass is 227 g/mol. The Kier molecular flexibility index (Phi) is 3.80. The zero-order chi connectivity index (χ0) is 10.5. The Labute approximate surface area is 94.4 Å². The van der Waals surface area contributed by atoms with Crippen LogP contribution in [0.5, 0.6) is 5.75 Å². The minimum atomic E-state index is 0.494. The van der Waals surface area contributed by atoms with Crippen molar-refractivity contribution in [2.45, 2.75) is 12.8 Å². The molecule has 1 aromatic rings. The summed E-state index contributed by atoms with van der Waals surface area (Å²) >= 11 is 5.68. The predicted octanol–water partition coefficient (Wildman–Crippen LogP) is 2.54. The first kappa shape index (κ1) is 10.7. The lowest BCUT2D eigenvalue weighted by Gasteiger charge is -2.21. The lowest BCUT2D eigenvalue weighted by Crippen LogP contribution is -2.21. The van der Waals surface area contributed by atoms with Crippen molar-refractivity contribution >= 4 is 11.6 Å². The highest BCUT2D eigenvalue weighted by atomic mass is 35.5. The molecule has 1 aliphatic rings. The van der Waals surface area contributed by atoms with Gasteiger partial charge in [0.15, 0.2) is 0 Å². The van der Waals surface area contributed by atoms with Crippen molar-refractivity contribution in [2.24, 2.45) is 5.92 Å². The Morgan fingerprint density at radius 1 is 1.40 bits per heavy atom. The van der Waals surface area contributed by atoms with E-state index in [0.29, 0.717) is 11.1 Å². The van der Waals surface area contributed by atoms with Gasteiger partial charge in [-0.05, 0) is 30.9 Å². The SMILES string of the molecule is Clc1ccc(OCC2CCOCC2)cn1. The molecule has 15 heavy (non-hydrogen) atoms. The quantitative estimate of drug-likeness (QED) is 0.744. The van der Waals surface area contributed by atoms with Gasteiger partial charge >= 0.3 is 0 Å². The summed E-state index contributed by atoms with van der Waals surface area (Å²) in [6.07, 6.45) is 3.82. The number of hydrogen-bond donors (Lipinski definition) is 0. The Hall–Kier alpha value is -0.800. The molecule has 0 radical (unpaired) electrons. The van der Waals surface area contributed by atoms with E-state index >= 15 is 0 Å². The van der Waals surface area contributed by atoms with Crippen LogP contribution in [0.25, 0.3) is 0 Å². The molecule has 1 aliphatic heterocycles. The highest BCUT2D eigenvalue weighted by Crippen LogP contribution is 2.18. The van der Waals surface area contributed by atoms with Gasteiger partial charge in [-0.2, -0.15) is 0 Å². The molecule has 0 spiro atoms. The van der Waals surface area contributed by atoms with Gasteiger partial charge in [0.25, 0.3) is 0 Å². The minimum absolute atomic E-state index is 0.494. The summed E-state index contributed by atoms with van der Waals surface area (Å²) in [5.41, 5.74) is 0. The molecular weight excluding hydrogens is 214 g/mol. The second-order valence-corrected chi connectivity index (χ2v) is 4.07. The summed E-state index contributed by atoms with van der Waals surface area (Å²) in [4.78, 5) is 3.96. The summed E-state index contributed by atoms with van der Waals surface area (Å²) in [5, 5.41) is 0.494. The van der Waals surface area contributed by atoms with Crippen LogP contribution in [0.15, 0.2) is 18.3 Å². The highest BCUT2D eigenvalue weighted by Gasteiger charge is 2.14. The third-order valence-electron chi connectivity index (χ3n) is 2.53. The van der Waals surface area contributed by atoms with E-state index in [4.69, 9.17) is 21.1 Å². The molecule has 0 atom stereocenters. The number of nitrogens with zero attached hydrogens (tertiary/aromatic N) is 1. The Bertz CT molecular complexity index is 296. The van der Waals surface area contributed by atoms with Crippen LogP contribution < -0.4 is 4.74 Å². The van der Waals surface area contributed by atoms with E-state index in [-0.39, 0.29) is 0 Å². The molecule has 2 heterocycles. The zero-order valence-corrected chi connectivity index (χ0v) is 9.24. The number of pyridine rings is 1. The number of rotatable bonds is 3. The third-order valence-corrected chi connectivity index (χ3v) is 2.75. The van der Waals surface area contributed by atoms with E-state index in [0.717, 1.165) is 38.4 Å². The summed E-state index contributed by atoms with van der Waals surface area (Å²) in [5.74, 6) is 1.39. The highest BCUT2D eigenvalue weighted by molar-refractivity contribution is 6.29. The summed E-state index contributed by atoms with van der Waals surface area (Å²) in [7, 11) is 0. The Balaban J connectivity index is 1.79. The van der Waals surface area contributed by atoms with Gasteiger partial charge in [-0.3, -0.25) is 0 Å². The van der Waals surface area contributed by atoms with E-state index < -0.39 is 0 Å². The Morgan fingerprint density at radius 2 is 2.20 bits per heavy atom. The first-order chi connectivity index (χ1) is 7.34. The van der Waals surface area contributed by atoms with Gasteiger partial charge in [-0.1, -0.05) is 11.6 Å². The summed E-state index contributed by atoms with van der Waals surface area (Å²) in [6.45, 7) is 2.45. The van der Waals surface area contributed by atoms with Crippen LogP contribution in [0.2, 0.25) is 5.15 Å². The van der Waals surface area contributed by atoms with Gasteiger partial charge in [0.2, 0.25) is 0 Å². The molecule has 1 fully saturated rings. The fourth-order valence-corrected chi connectivity index (χ4v) is 1.69. The van der Waals surface area contributed by atoms with Crippen LogP contribution in [-0.2, 0) is 4.74 Å². The number of halogens is 1. The maximum absolute atomic E-state index is 5.68. The molecule has 2 rings (SSSR count). The van der Waals surface area contributed by atoms with E-state index in [9.17, 15) is 0 Å². The summed E-state index contributed by atoms with van der Waals surface area (Å²) in [6, 6.07) is 3.58. The van der Waals surface area contributed by atoms with Crippen molar-refractivity contribution in [1.82, 2.24) is 4.98 Å². The molecule has 3 nitrogen and oxygen atoms in total. The molecule has 1 saturated heterocycles. The van der Waals surface area contributed by atoms with E-state index in [1.807, 2.05) is 6.07 Å². The van der Waals surface area contributed by atoms with Gasteiger partial charge in [-0.25, -0.2) is 4.98 Å². The second-order valence-electron chi connectivity index (χ2n) is 3.68. The normalized spacial score (nSPS) is 17.7. The van der Waals surface area contributed by atoms with Crippen LogP contribution in [-0.4, -0.2) is 24.8 Å². The maximum Gasteiger partial charge on any atom is 0.137 e. The van der Waals surface area contributed by atoms with Crippen LogP contribution >= 0.6 is 11.6 Å². The number of aromatic nitrogens is 1. The van der Waals surface area contributed by atoms with Crippen molar-refractivity contribution in [3.8, 4) is 5.75 Å². The molecule has 0 amide bonds. The fourth-order valence-electron chi connectivity index (χ4n) is 1.57. The predicted molar refractivity (Wildman–Crippen MR) is 58.3 cm³/mol. The van der Waals surface area contributed by atoms with Crippen molar-refractivity contribution in [3.05, 3.63) is 23.5 Å². The molecule has 1 aromatic heterocycles. The van der Waals surface area contributed by atoms with Crippen molar-refractivity contribution in [1.29, 1.82) is 0 Å². The maximum atomic E-state index is 5.68. The van der Waals surface area contributed by atoms with Crippen molar-refractivity contribution < 1.29 is 9.47 Å².